The van der Waals surface area contributed by atoms with Gasteiger partial charge in [0.15, 0.2) is 0 Å². The van der Waals surface area contributed by atoms with Crippen molar-refractivity contribution in [2.24, 2.45) is 5.73 Å². The Bertz CT molecular complexity index is 571. The first-order chi connectivity index (χ1) is 8.82. The minimum Gasteiger partial charge on any atom is -0.495 e. The molecule has 8 heteroatoms. The highest BCUT2D eigenvalue weighted by atomic mass is 32.2. The van der Waals surface area contributed by atoms with Crippen LogP contribution in [0.25, 0.3) is 0 Å². The number of rotatable bonds is 6. The molecule has 0 aromatic heterocycles. The molecular weight excluding hydrogens is 270 g/mol. The van der Waals surface area contributed by atoms with Crippen molar-refractivity contribution in [1.29, 1.82) is 0 Å². The van der Waals surface area contributed by atoms with Crippen molar-refractivity contribution in [1.82, 2.24) is 4.31 Å². The summed E-state index contributed by atoms with van der Waals surface area (Å²) in [6.45, 7) is 1.38. The molecule has 106 valence electrons. The Morgan fingerprint density at radius 3 is 2.47 bits per heavy atom. The molecule has 0 radical (unpaired) electrons. The summed E-state index contributed by atoms with van der Waals surface area (Å²) in [5.74, 6) is -0.330. The van der Waals surface area contributed by atoms with Gasteiger partial charge in [0, 0.05) is 6.54 Å². The molecule has 0 bridgehead atoms. The monoisotopic (exact) mass is 287 g/mol. The summed E-state index contributed by atoms with van der Waals surface area (Å²) in [7, 11) is -2.36. The van der Waals surface area contributed by atoms with E-state index in [1.165, 1.54) is 25.3 Å². The molecule has 1 aromatic carbocycles. The van der Waals surface area contributed by atoms with Gasteiger partial charge in [-0.05, 0) is 18.2 Å². The van der Waals surface area contributed by atoms with Crippen LogP contribution in [0.2, 0.25) is 0 Å². The van der Waals surface area contributed by atoms with E-state index in [4.69, 9.17) is 16.2 Å². The number of hydrogen-bond acceptors (Lipinski definition) is 5. The molecule has 0 atom stereocenters. The average Bonchev–Trinajstić information content (AvgIpc) is 2.35. The van der Waals surface area contributed by atoms with Crippen molar-refractivity contribution >= 4 is 21.6 Å². The minimum atomic E-state index is -3.80. The van der Waals surface area contributed by atoms with E-state index >= 15 is 0 Å². The maximum absolute atomic E-state index is 12.3. The van der Waals surface area contributed by atoms with Crippen molar-refractivity contribution in [2.45, 2.75) is 11.8 Å². The molecule has 0 aliphatic rings. The molecule has 0 unspecified atom stereocenters. The smallest absolute Gasteiger partial charge is 0.243 e. The lowest BCUT2D eigenvalue weighted by molar-refractivity contribution is -0.118. The van der Waals surface area contributed by atoms with Gasteiger partial charge in [-0.3, -0.25) is 4.79 Å². The van der Waals surface area contributed by atoms with Crippen LogP contribution in [0, 0.1) is 0 Å². The third-order valence-corrected chi connectivity index (χ3v) is 4.44. The molecule has 1 rings (SSSR count). The van der Waals surface area contributed by atoms with Crippen LogP contribution in [0.3, 0.4) is 0 Å². The molecule has 1 amide bonds. The second-order valence-corrected chi connectivity index (χ2v) is 5.74. The van der Waals surface area contributed by atoms with Gasteiger partial charge in [0.1, 0.15) is 5.75 Å². The molecule has 1 aromatic rings. The van der Waals surface area contributed by atoms with Crippen LogP contribution in [-0.2, 0) is 14.8 Å². The summed E-state index contributed by atoms with van der Waals surface area (Å²) in [6, 6.07) is 4.12. The Morgan fingerprint density at radius 1 is 1.42 bits per heavy atom. The molecular formula is C11H17N3O4S. The number of ether oxygens (including phenoxy) is 1. The van der Waals surface area contributed by atoms with E-state index < -0.39 is 15.9 Å². The zero-order chi connectivity index (χ0) is 14.6. The zero-order valence-electron chi connectivity index (χ0n) is 10.8. The molecule has 0 aliphatic carbocycles. The third-order valence-electron chi connectivity index (χ3n) is 2.52. The first-order valence-corrected chi connectivity index (χ1v) is 6.99. The predicted octanol–water partition coefficient (Wildman–Crippen LogP) is -0.227. The van der Waals surface area contributed by atoms with Crippen LogP contribution >= 0.6 is 0 Å². The van der Waals surface area contributed by atoms with Gasteiger partial charge in [-0.15, -0.1) is 0 Å². The third kappa shape index (κ3) is 3.36. The number of anilines is 1. The zero-order valence-corrected chi connectivity index (χ0v) is 11.6. The van der Waals surface area contributed by atoms with Gasteiger partial charge in [0.25, 0.3) is 0 Å². The van der Waals surface area contributed by atoms with Gasteiger partial charge in [-0.2, -0.15) is 4.31 Å². The number of amides is 1. The largest absolute Gasteiger partial charge is 0.495 e. The Labute approximate surface area is 112 Å². The number of methoxy groups -OCH3 is 1. The van der Waals surface area contributed by atoms with Gasteiger partial charge in [0.2, 0.25) is 15.9 Å². The summed E-state index contributed by atoms with van der Waals surface area (Å²) < 4.78 is 30.5. The summed E-state index contributed by atoms with van der Waals surface area (Å²) >= 11 is 0. The minimum absolute atomic E-state index is 0.00565. The van der Waals surface area contributed by atoms with Crippen molar-refractivity contribution in [3.8, 4) is 5.75 Å². The highest BCUT2D eigenvalue weighted by Crippen LogP contribution is 2.26. The molecule has 7 nitrogen and oxygen atoms in total. The molecule has 0 fully saturated rings. The molecule has 0 aliphatic heterocycles. The first kappa shape index (κ1) is 15.3. The average molecular weight is 287 g/mol. The quantitative estimate of drug-likeness (QED) is 0.701. The Balaban J connectivity index is 3.18. The topological polar surface area (TPSA) is 116 Å². The maximum Gasteiger partial charge on any atom is 0.243 e. The van der Waals surface area contributed by atoms with Crippen LogP contribution in [0.5, 0.6) is 5.75 Å². The van der Waals surface area contributed by atoms with E-state index in [-0.39, 0.29) is 23.7 Å². The molecule has 0 heterocycles. The normalized spacial score (nSPS) is 11.5. The second-order valence-electron chi connectivity index (χ2n) is 3.80. The maximum atomic E-state index is 12.3. The van der Waals surface area contributed by atoms with E-state index in [1.807, 2.05) is 0 Å². The van der Waals surface area contributed by atoms with Gasteiger partial charge in [0.05, 0.1) is 24.2 Å². The number of nitrogens with two attached hydrogens (primary N) is 2. The molecule has 0 spiro atoms. The van der Waals surface area contributed by atoms with Crippen LogP contribution in [-0.4, -0.2) is 38.8 Å². The van der Waals surface area contributed by atoms with Crippen molar-refractivity contribution in [3.05, 3.63) is 18.2 Å². The van der Waals surface area contributed by atoms with Crippen LogP contribution in [0.1, 0.15) is 6.92 Å². The number of nitrogens with zero attached hydrogens (tertiary/aromatic N) is 1. The highest BCUT2D eigenvalue weighted by Gasteiger charge is 2.25. The van der Waals surface area contributed by atoms with Gasteiger partial charge >= 0.3 is 0 Å². The van der Waals surface area contributed by atoms with Crippen molar-refractivity contribution in [3.63, 3.8) is 0 Å². The van der Waals surface area contributed by atoms with E-state index in [0.717, 1.165) is 4.31 Å². The fourth-order valence-electron chi connectivity index (χ4n) is 1.56. The molecule has 0 saturated carbocycles. The predicted molar refractivity (Wildman–Crippen MR) is 71.0 cm³/mol. The summed E-state index contributed by atoms with van der Waals surface area (Å²) in [4.78, 5) is 10.9. The molecule has 4 N–H and O–H groups in total. The number of sulfonamides is 1. The second kappa shape index (κ2) is 5.89. The number of nitrogen functional groups attached to an aromatic ring is 1. The van der Waals surface area contributed by atoms with E-state index in [9.17, 15) is 13.2 Å². The number of hydrogen-bond donors (Lipinski definition) is 2. The summed E-state index contributed by atoms with van der Waals surface area (Å²) in [6.07, 6.45) is 0. The van der Waals surface area contributed by atoms with E-state index in [0.29, 0.717) is 5.75 Å². The van der Waals surface area contributed by atoms with E-state index in [2.05, 4.69) is 0 Å². The highest BCUT2D eigenvalue weighted by molar-refractivity contribution is 7.89. The van der Waals surface area contributed by atoms with Gasteiger partial charge < -0.3 is 16.2 Å². The number of likely N-dealkylation sites (N-methyl/N-ethyl adjacent to an activating group) is 1. The van der Waals surface area contributed by atoms with Gasteiger partial charge in [-0.1, -0.05) is 6.92 Å². The fourth-order valence-corrected chi connectivity index (χ4v) is 3.01. The summed E-state index contributed by atoms with van der Waals surface area (Å²) in [5.41, 5.74) is 10.9. The fraction of sp³-hybridized carbons (Fsp3) is 0.364. The van der Waals surface area contributed by atoms with Crippen LogP contribution in [0.15, 0.2) is 23.1 Å². The first-order valence-electron chi connectivity index (χ1n) is 5.55. The lowest BCUT2D eigenvalue weighted by atomic mass is 10.3. The lowest BCUT2D eigenvalue weighted by Crippen LogP contribution is -2.38. The Hall–Kier alpha value is -1.80. The van der Waals surface area contributed by atoms with Gasteiger partial charge in [-0.25, -0.2) is 8.42 Å². The van der Waals surface area contributed by atoms with Crippen molar-refractivity contribution < 1.29 is 17.9 Å². The Kier molecular flexibility index (Phi) is 4.73. The molecule has 19 heavy (non-hydrogen) atoms. The number of carbonyl (C=O) groups excluding carboxylic acids is 1. The Morgan fingerprint density at radius 2 is 2.05 bits per heavy atom. The summed E-state index contributed by atoms with van der Waals surface area (Å²) in [5, 5.41) is 0. The SMILES string of the molecule is CCN(CC(N)=O)S(=O)(=O)c1ccc(OC)c(N)c1. The number of benzene rings is 1. The number of primary amides is 1. The molecule has 0 saturated heterocycles. The van der Waals surface area contributed by atoms with Crippen LogP contribution in [0.4, 0.5) is 5.69 Å². The standard InChI is InChI=1S/C11H17N3O4S/c1-3-14(7-11(13)15)19(16,17)8-4-5-10(18-2)9(12)6-8/h4-6H,3,7,12H2,1-2H3,(H2,13,15). The number of carbonyl (C=O) groups is 1. The lowest BCUT2D eigenvalue weighted by Gasteiger charge is -2.19. The van der Waals surface area contributed by atoms with Crippen LogP contribution < -0.4 is 16.2 Å². The van der Waals surface area contributed by atoms with E-state index in [1.54, 1.807) is 6.92 Å². The van der Waals surface area contributed by atoms with Crippen molar-refractivity contribution in [2.75, 3.05) is 25.9 Å².